The fourth-order valence-electron chi connectivity index (χ4n) is 3.76. The summed E-state index contributed by atoms with van der Waals surface area (Å²) in [5, 5.41) is 19.2. The predicted octanol–water partition coefficient (Wildman–Crippen LogP) is 2.78. The lowest BCUT2D eigenvalue weighted by Gasteiger charge is -2.41. The highest BCUT2D eigenvalue weighted by atomic mass is 16.5. The topological polar surface area (TPSA) is 56.2 Å². The molecule has 27 heavy (non-hydrogen) atoms. The lowest BCUT2D eigenvalue weighted by atomic mass is 10.1. The monoisotopic (exact) mass is 370 g/mol. The molecule has 2 aromatic carbocycles. The molecule has 0 spiro atoms. The van der Waals surface area contributed by atoms with Crippen LogP contribution in [0.1, 0.15) is 23.1 Å². The molecule has 1 aliphatic heterocycles. The molecule has 1 fully saturated rings. The Bertz CT molecular complexity index is 733. The SMILES string of the molecule is COc1cc(O)ccc1CN1CCN(Cc2ccc(C)cc2)[C@H](CCO)C1. The van der Waals surface area contributed by atoms with Gasteiger partial charge in [-0.3, -0.25) is 9.80 Å². The molecule has 0 amide bonds. The van der Waals surface area contributed by atoms with Crippen LogP contribution in [0.25, 0.3) is 0 Å². The van der Waals surface area contributed by atoms with Gasteiger partial charge < -0.3 is 14.9 Å². The van der Waals surface area contributed by atoms with Gasteiger partial charge in [0.05, 0.1) is 7.11 Å². The first-order valence-electron chi connectivity index (χ1n) is 9.57. The first-order valence-corrected chi connectivity index (χ1v) is 9.57. The van der Waals surface area contributed by atoms with Crippen molar-refractivity contribution in [2.24, 2.45) is 0 Å². The lowest BCUT2D eigenvalue weighted by Crippen LogP contribution is -2.52. The quantitative estimate of drug-likeness (QED) is 0.785. The number of aryl methyl sites for hydroxylation is 1. The predicted molar refractivity (Wildman–Crippen MR) is 107 cm³/mol. The van der Waals surface area contributed by atoms with Crippen LogP contribution in [-0.4, -0.2) is 59.4 Å². The van der Waals surface area contributed by atoms with E-state index in [2.05, 4.69) is 41.0 Å². The molecule has 5 nitrogen and oxygen atoms in total. The highest BCUT2D eigenvalue weighted by Gasteiger charge is 2.27. The van der Waals surface area contributed by atoms with E-state index in [1.165, 1.54) is 11.1 Å². The van der Waals surface area contributed by atoms with Gasteiger partial charge in [0.2, 0.25) is 0 Å². The number of rotatable bonds is 7. The van der Waals surface area contributed by atoms with E-state index in [0.717, 1.165) is 50.5 Å². The Hall–Kier alpha value is -2.08. The number of aromatic hydroxyl groups is 1. The van der Waals surface area contributed by atoms with Gasteiger partial charge in [-0.1, -0.05) is 35.9 Å². The zero-order valence-corrected chi connectivity index (χ0v) is 16.3. The van der Waals surface area contributed by atoms with Crippen molar-refractivity contribution in [1.29, 1.82) is 0 Å². The number of piperazine rings is 1. The maximum atomic E-state index is 9.65. The third kappa shape index (κ3) is 5.22. The molecule has 1 saturated heterocycles. The van der Waals surface area contributed by atoms with Gasteiger partial charge in [-0.2, -0.15) is 0 Å². The van der Waals surface area contributed by atoms with Crippen LogP contribution >= 0.6 is 0 Å². The summed E-state index contributed by atoms with van der Waals surface area (Å²) in [6.07, 6.45) is 0.773. The largest absolute Gasteiger partial charge is 0.508 e. The van der Waals surface area contributed by atoms with Crippen molar-refractivity contribution in [3.8, 4) is 11.5 Å². The van der Waals surface area contributed by atoms with E-state index in [1.807, 2.05) is 6.07 Å². The minimum Gasteiger partial charge on any atom is -0.508 e. The van der Waals surface area contributed by atoms with Crippen LogP contribution < -0.4 is 4.74 Å². The fourth-order valence-corrected chi connectivity index (χ4v) is 3.76. The summed E-state index contributed by atoms with van der Waals surface area (Å²) in [6.45, 7) is 6.86. The Labute approximate surface area is 161 Å². The average Bonchev–Trinajstić information content (AvgIpc) is 2.67. The van der Waals surface area contributed by atoms with E-state index < -0.39 is 0 Å². The van der Waals surface area contributed by atoms with Gasteiger partial charge in [-0.15, -0.1) is 0 Å². The first-order chi connectivity index (χ1) is 13.1. The van der Waals surface area contributed by atoms with Crippen LogP contribution in [0.2, 0.25) is 0 Å². The zero-order chi connectivity index (χ0) is 19.2. The molecule has 0 unspecified atom stereocenters. The Morgan fingerprint density at radius 1 is 1.07 bits per heavy atom. The summed E-state index contributed by atoms with van der Waals surface area (Å²) in [4.78, 5) is 4.88. The number of phenolic OH excluding ortho intramolecular Hbond substituents is 1. The van der Waals surface area contributed by atoms with Gasteiger partial charge >= 0.3 is 0 Å². The normalized spacial score (nSPS) is 18.6. The second kappa shape index (κ2) is 9.22. The molecule has 146 valence electrons. The van der Waals surface area contributed by atoms with Crippen LogP contribution in [0.3, 0.4) is 0 Å². The number of phenols is 1. The van der Waals surface area contributed by atoms with Crippen molar-refractivity contribution >= 4 is 0 Å². The number of methoxy groups -OCH3 is 1. The molecule has 0 bridgehead atoms. The third-order valence-corrected chi connectivity index (χ3v) is 5.32. The molecule has 0 aromatic heterocycles. The second-order valence-corrected chi connectivity index (χ2v) is 7.35. The van der Waals surface area contributed by atoms with E-state index in [4.69, 9.17) is 4.74 Å². The van der Waals surface area contributed by atoms with Gasteiger partial charge in [0.1, 0.15) is 11.5 Å². The highest BCUT2D eigenvalue weighted by molar-refractivity contribution is 5.40. The van der Waals surface area contributed by atoms with Crippen molar-refractivity contribution in [2.45, 2.75) is 32.5 Å². The van der Waals surface area contributed by atoms with Gasteiger partial charge in [0, 0.05) is 57.0 Å². The molecule has 1 atom stereocenters. The molecular formula is C22H30N2O3. The zero-order valence-electron chi connectivity index (χ0n) is 16.3. The van der Waals surface area contributed by atoms with Crippen molar-refractivity contribution in [1.82, 2.24) is 9.80 Å². The van der Waals surface area contributed by atoms with Crippen LogP contribution in [0, 0.1) is 6.92 Å². The Morgan fingerprint density at radius 3 is 2.56 bits per heavy atom. The van der Waals surface area contributed by atoms with Gasteiger partial charge in [0.15, 0.2) is 0 Å². The number of aliphatic hydroxyl groups is 1. The summed E-state index contributed by atoms with van der Waals surface area (Å²) in [6, 6.07) is 14.3. The molecule has 0 aliphatic carbocycles. The standard InChI is InChI=1S/C22H30N2O3/c1-17-3-5-18(6-4-17)14-24-11-10-23(16-20(24)9-12-25)15-19-7-8-21(26)13-22(19)27-2/h3-8,13,20,25-26H,9-12,14-16H2,1-2H3/t20-/m1/s1. The molecular weight excluding hydrogens is 340 g/mol. The molecule has 0 saturated carbocycles. The molecule has 3 rings (SSSR count). The first kappa shape index (κ1) is 19.7. The Morgan fingerprint density at radius 2 is 1.85 bits per heavy atom. The molecule has 2 N–H and O–H groups in total. The van der Waals surface area contributed by atoms with E-state index in [1.54, 1.807) is 19.2 Å². The molecule has 2 aromatic rings. The number of hydrogen-bond acceptors (Lipinski definition) is 5. The Balaban J connectivity index is 1.65. The number of aliphatic hydroxyl groups excluding tert-OH is 1. The minimum absolute atomic E-state index is 0.200. The van der Waals surface area contributed by atoms with E-state index in [-0.39, 0.29) is 12.4 Å². The summed E-state index contributed by atoms with van der Waals surface area (Å²) in [5.74, 6) is 0.937. The maximum Gasteiger partial charge on any atom is 0.127 e. The molecule has 0 radical (unpaired) electrons. The van der Waals surface area contributed by atoms with Crippen molar-refractivity contribution in [3.05, 3.63) is 59.2 Å². The lowest BCUT2D eigenvalue weighted by molar-refractivity contribution is 0.0496. The summed E-state index contributed by atoms with van der Waals surface area (Å²) >= 11 is 0. The van der Waals surface area contributed by atoms with Gasteiger partial charge in [-0.25, -0.2) is 0 Å². The second-order valence-electron chi connectivity index (χ2n) is 7.35. The van der Waals surface area contributed by atoms with Gasteiger partial charge in [0.25, 0.3) is 0 Å². The summed E-state index contributed by atoms with van der Waals surface area (Å²) < 4.78 is 5.41. The van der Waals surface area contributed by atoms with E-state index >= 15 is 0 Å². The highest BCUT2D eigenvalue weighted by Crippen LogP contribution is 2.26. The molecule has 1 heterocycles. The number of ether oxygens (including phenoxy) is 1. The van der Waals surface area contributed by atoms with Crippen LogP contribution in [0.4, 0.5) is 0 Å². The number of benzene rings is 2. The number of nitrogens with zero attached hydrogens (tertiary/aromatic N) is 2. The van der Waals surface area contributed by atoms with Crippen LogP contribution in [-0.2, 0) is 13.1 Å². The van der Waals surface area contributed by atoms with Crippen LogP contribution in [0.15, 0.2) is 42.5 Å². The maximum absolute atomic E-state index is 9.65. The van der Waals surface area contributed by atoms with E-state index in [0.29, 0.717) is 6.04 Å². The number of hydrogen-bond donors (Lipinski definition) is 2. The van der Waals surface area contributed by atoms with Crippen molar-refractivity contribution in [3.63, 3.8) is 0 Å². The van der Waals surface area contributed by atoms with E-state index in [9.17, 15) is 10.2 Å². The minimum atomic E-state index is 0.200. The third-order valence-electron chi connectivity index (χ3n) is 5.32. The van der Waals surface area contributed by atoms with Crippen molar-refractivity contribution < 1.29 is 14.9 Å². The van der Waals surface area contributed by atoms with Crippen molar-refractivity contribution in [2.75, 3.05) is 33.4 Å². The summed E-state index contributed by atoms with van der Waals surface area (Å²) in [7, 11) is 1.63. The summed E-state index contributed by atoms with van der Waals surface area (Å²) in [5.41, 5.74) is 3.67. The molecule has 1 aliphatic rings. The average molecular weight is 370 g/mol. The fraction of sp³-hybridized carbons (Fsp3) is 0.455. The van der Waals surface area contributed by atoms with Crippen LogP contribution in [0.5, 0.6) is 11.5 Å². The van der Waals surface area contributed by atoms with Gasteiger partial charge in [-0.05, 0) is 25.0 Å². The molecule has 5 heteroatoms. The Kier molecular flexibility index (Phi) is 6.72. The smallest absolute Gasteiger partial charge is 0.127 e.